The van der Waals surface area contributed by atoms with Crippen LogP contribution in [0.1, 0.15) is 42.8 Å². The lowest BCUT2D eigenvalue weighted by Gasteiger charge is -2.38. The molecular weight excluding hydrogens is 312 g/mol. The Morgan fingerprint density at radius 3 is 2.40 bits per heavy atom. The largest absolute Gasteiger partial charge is 0.362 e. The van der Waals surface area contributed by atoms with Gasteiger partial charge in [0.25, 0.3) is 5.91 Å². The number of hydrogen-bond acceptors (Lipinski definition) is 3. The van der Waals surface area contributed by atoms with Gasteiger partial charge >= 0.3 is 0 Å². The van der Waals surface area contributed by atoms with Crippen molar-refractivity contribution in [3.8, 4) is 0 Å². The number of aromatic nitrogens is 1. The van der Waals surface area contributed by atoms with Crippen LogP contribution in [-0.4, -0.2) is 20.9 Å². The van der Waals surface area contributed by atoms with Crippen molar-refractivity contribution in [1.82, 2.24) is 9.88 Å². The number of nitrogens with zero attached hydrogens (tertiary/aromatic N) is 2. The first-order valence-electron chi connectivity index (χ1n) is 9.17. The van der Waals surface area contributed by atoms with Crippen LogP contribution < -0.4 is 0 Å². The van der Waals surface area contributed by atoms with Crippen LogP contribution in [0.15, 0.2) is 79.0 Å². The third-order valence-electron chi connectivity index (χ3n) is 4.53. The fourth-order valence-corrected chi connectivity index (χ4v) is 3.32. The van der Waals surface area contributed by atoms with Crippen LogP contribution in [0.3, 0.4) is 0 Å². The number of rotatable bonds is 3. The highest BCUT2D eigenvalue weighted by molar-refractivity contribution is 6.00. The van der Waals surface area contributed by atoms with Gasteiger partial charge in [0.05, 0.1) is 11.6 Å². The van der Waals surface area contributed by atoms with Gasteiger partial charge in [-0.1, -0.05) is 60.7 Å². The van der Waals surface area contributed by atoms with Crippen molar-refractivity contribution < 1.29 is 12.6 Å². The Hall–Kier alpha value is -2.98. The molecule has 1 aliphatic heterocycles. The van der Waals surface area contributed by atoms with E-state index in [9.17, 15) is 9.90 Å². The summed E-state index contributed by atoms with van der Waals surface area (Å²) in [5.74, 6) is -0.442. The molecule has 124 valence electrons. The van der Waals surface area contributed by atoms with E-state index < -0.39 is 24.5 Å². The maximum atomic E-state index is 13.3. The summed E-state index contributed by atoms with van der Waals surface area (Å²) < 4.78 is 16.2. The quantitative estimate of drug-likeness (QED) is 0.799. The van der Waals surface area contributed by atoms with E-state index in [0.29, 0.717) is 11.1 Å². The molecule has 4 heteroatoms. The van der Waals surface area contributed by atoms with Crippen LogP contribution in [-0.2, 0) is 5.72 Å². The molecule has 25 heavy (non-hydrogen) atoms. The Balaban J connectivity index is 1.97. The Bertz CT molecular complexity index is 966. The molecule has 4 nitrogen and oxygen atoms in total. The lowest BCUT2D eigenvalue weighted by molar-refractivity contribution is -0.0702. The number of amides is 1. The van der Waals surface area contributed by atoms with Gasteiger partial charge in [-0.3, -0.25) is 14.7 Å². The maximum absolute atomic E-state index is 13.3. The third kappa shape index (κ3) is 2.26. The first-order valence-corrected chi connectivity index (χ1v) is 8.01. The predicted octanol–water partition coefficient (Wildman–Crippen LogP) is 3.49. The zero-order chi connectivity index (χ0) is 19.0. The van der Waals surface area contributed by atoms with E-state index in [4.69, 9.17) is 2.74 Å². The summed E-state index contributed by atoms with van der Waals surface area (Å²) in [4.78, 5) is 18.8. The van der Waals surface area contributed by atoms with Gasteiger partial charge in [0.2, 0.25) is 5.72 Å². The molecule has 0 aliphatic carbocycles. The monoisotopic (exact) mass is 332 g/mol. The van der Waals surface area contributed by atoms with Crippen molar-refractivity contribution in [2.75, 3.05) is 0 Å². The second-order valence-electron chi connectivity index (χ2n) is 5.97. The smallest absolute Gasteiger partial charge is 0.259 e. The lowest BCUT2D eigenvalue weighted by atomic mass is 9.96. The van der Waals surface area contributed by atoms with Gasteiger partial charge in [0.1, 0.15) is 5.69 Å². The van der Waals surface area contributed by atoms with Gasteiger partial charge in [-0.2, -0.15) is 0 Å². The van der Waals surface area contributed by atoms with Crippen molar-refractivity contribution in [3.05, 3.63) is 101 Å². The number of carbonyl (C=O) groups is 1. The molecule has 1 aliphatic rings. The van der Waals surface area contributed by atoms with Crippen LogP contribution >= 0.6 is 0 Å². The number of benzene rings is 2. The Morgan fingerprint density at radius 1 is 1.04 bits per heavy atom. The van der Waals surface area contributed by atoms with E-state index in [-0.39, 0.29) is 11.3 Å². The highest BCUT2D eigenvalue weighted by Crippen LogP contribution is 2.45. The van der Waals surface area contributed by atoms with Crippen LogP contribution in [0, 0.1) is 0 Å². The Labute approximate surface area is 149 Å². The highest BCUT2D eigenvalue weighted by atomic mass is 16.3. The number of aliphatic hydroxyl groups is 1. The van der Waals surface area contributed by atoms with E-state index in [2.05, 4.69) is 4.98 Å². The van der Waals surface area contributed by atoms with Crippen molar-refractivity contribution in [2.24, 2.45) is 0 Å². The topological polar surface area (TPSA) is 53.4 Å². The Kier molecular flexibility index (Phi) is 3.11. The molecule has 4 rings (SSSR count). The summed E-state index contributed by atoms with van der Waals surface area (Å²) in [7, 11) is 0. The van der Waals surface area contributed by atoms with Gasteiger partial charge in [-0.05, 0) is 24.6 Å². The molecule has 1 aromatic heterocycles. The second kappa shape index (κ2) is 5.83. The Morgan fingerprint density at radius 2 is 1.72 bits per heavy atom. The average molecular weight is 332 g/mol. The van der Waals surface area contributed by atoms with E-state index >= 15 is 0 Å². The molecule has 0 spiro atoms. The summed E-state index contributed by atoms with van der Waals surface area (Å²) >= 11 is 0. The SMILES string of the molecule is [2H]C([2H])C(c1ccccc1)N1C(=O)c2cccnc2C1(O)c1ccccc1. The molecule has 2 aromatic carbocycles. The summed E-state index contributed by atoms with van der Waals surface area (Å²) in [5, 5.41) is 11.8. The standard InChI is InChI=1S/C21H18N2O2/c1-15(16-9-4-2-5-10-16)23-20(24)18-13-8-14-22-19(18)21(23,25)17-11-6-3-7-12-17/h2-15,25H,1H3/i1D2. The predicted molar refractivity (Wildman–Crippen MR) is 94.7 cm³/mol. The van der Waals surface area contributed by atoms with Gasteiger partial charge in [0.15, 0.2) is 0 Å². The molecular formula is C21H18N2O2. The first kappa shape index (κ1) is 13.3. The number of carbonyl (C=O) groups excluding carboxylic acids is 1. The molecule has 0 radical (unpaired) electrons. The first-order chi connectivity index (χ1) is 13.0. The summed E-state index contributed by atoms with van der Waals surface area (Å²) in [6, 6.07) is 20.0. The zero-order valence-electron chi connectivity index (χ0n) is 15.4. The minimum absolute atomic E-state index is 0.225. The van der Waals surface area contributed by atoms with E-state index in [1.807, 2.05) is 12.1 Å². The second-order valence-corrected chi connectivity index (χ2v) is 5.97. The third-order valence-corrected chi connectivity index (χ3v) is 4.53. The van der Waals surface area contributed by atoms with Crippen molar-refractivity contribution >= 4 is 5.91 Å². The summed E-state index contributed by atoms with van der Waals surface area (Å²) in [6.07, 6.45) is 1.53. The van der Waals surface area contributed by atoms with Crippen molar-refractivity contribution in [3.63, 3.8) is 0 Å². The number of pyridine rings is 1. The molecule has 1 N–H and O–H groups in total. The fraction of sp³-hybridized carbons (Fsp3) is 0.143. The fourth-order valence-electron chi connectivity index (χ4n) is 3.32. The highest BCUT2D eigenvalue weighted by Gasteiger charge is 2.53. The molecule has 2 atom stereocenters. The van der Waals surface area contributed by atoms with Crippen LogP contribution in [0.2, 0.25) is 0 Å². The molecule has 1 amide bonds. The van der Waals surface area contributed by atoms with Gasteiger partial charge in [-0.25, -0.2) is 0 Å². The molecule has 0 saturated carbocycles. The number of hydrogen-bond donors (Lipinski definition) is 1. The van der Waals surface area contributed by atoms with Crippen molar-refractivity contribution in [1.29, 1.82) is 0 Å². The van der Waals surface area contributed by atoms with E-state index in [1.54, 1.807) is 60.7 Å². The van der Waals surface area contributed by atoms with Gasteiger partial charge < -0.3 is 5.11 Å². The minimum Gasteiger partial charge on any atom is -0.362 e. The average Bonchev–Trinajstić information content (AvgIpc) is 2.93. The lowest BCUT2D eigenvalue weighted by Crippen LogP contribution is -2.46. The summed E-state index contributed by atoms with van der Waals surface area (Å²) in [6.45, 7) is -1.40. The zero-order valence-corrected chi connectivity index (χ0v) is 13.4. The van der Waals surface area contributed by atoms with E-state index in [0.717, 1.165) is 0 Å². The summed E-state index contributed by atoms with van der Waals surface area (Å²) in [5.41, 5.74) is -0.260. The number of fused-ring (bicyclic) bond motifs is 1. The normalized spacial score (nSPS) is 21.7. The molecule has 2 heterocycles. The maximum Gasteiger partial charge on any atom is 0.259 e. The van der Waals surface area contributed by atoms with Gasteiger partial charge in [-0.15, -0.1) is 0 Å². The van der Waals surface area contributed by atoms with Crippen LogP contribution in [0.4, 0.5) is 0 Å². The minimum atomic E-state index is -1.85. The van der Waals surface area contributed by atoms with Crippen molar-refractivity contribution in [2.45, 2.75) is 18.6 Å². The van der Waals surface area contributed by atoms with Crippen LogP contribution in [0.5, 0.6) is 0 Å². The van der Waals surface area contributed by atoms with Gasteiger partial charge in [0, 0.05) is 14.5 Å². The van der Waals surface area contributed by atoms with Crippen LogP contribution in [0.25, 0.3) is 0 Å². The molecule has 0 saturated heterocycles. The molecule has 2 unspecified atom stereocenters. The molecule has 0 bridgehead atoms. The molecule has 0 fully saturated rings. The van der Waals surface area contributed by atoms with E-state index in [1.165, 1.54) is 11.1 Å². The molecule has 3 aromatic rings.